The van der Waals surface area contributed by atoms with Crippen LogP contribution in [0.15, 0.2) is 42.5 Å². The summed E-state index contributed by atoms with van der Waals surface area (Å²) in [6, 6.07) is 15.0. The maximum Gasteiger partial charge on any atom is 0.192 e. The Bertz CT molecular complexity index is 1290. The van der Waals surface area contributed by atoms with Crippen LogP contribution in [0.4, 0.5) is 11.5 Å². The lowest BCUT2D eigenvalue weighted by atomic mass is 9.88. The second-order valence-electron chi connectivity index (χ2n) is 12.9. The molecule has 1 aromatic heterocycles. The van der Waals surface area contributed by atoms with Crippen molar-refractivity contribution in [1.29, 1.82) is 0 Å². The number of anilines is 2. The topological polar surface area (TPSA) is 50.7 Å². The highest BCUT2D eigenvalue weighted by Crippen LogP contribution is 2.43. The van der Waals surface area contributed by atoms with E-state index < -0.39 is 8.32 Å². The van der Waals surface area contributed by atoms with Gasteiger partial charge in [-0.2, -0.15) is 0 Å². The lowest BCUT2D eigenvalue weighted by Gasteiger charge is -2.37. The van der Waals surface area contributed by atoms with Gasteiger partial charge in [0.05, 0.1) is 24.6 Å². The van der Waals surface area contributed by atoms with Gasteiger partial charge < -0.3 is 19.0 Å². The van der Waals surface area contributed by atoms with Gasteiger partial charge in [0, 0.05) is 38.3 Å². The molecule has 1 saturated carbocycles. The summed E-state index contributed by atoms with van der Waals surface area (Å²) in [6.07, 6.45) is 4.57. The monoisotopic (exact) mass is 546 g/mol. The third kappa shape index (κ3) is 5.94. The molecule has 1 aliphatic heterocycles. The van der Waals surface area contributed by atoms with Crippen LogP contribution >= 0.6 is 0 Å². The summed E-state index contributed by atoms with van der Waals surface area (Å²) in [5, 5.41) is 1.38. The summed E-state index contributed by atoms with van der Waals surface area (Å²) >= 11 is 0. The maximum atomic E-state index is 6.52. The number of likely N-dealkylation sites (N-methyl/N-ethyl adjacent to an activating group) is 1. The van der Waals surface area contributed by atoms with Crippen LogP contribution in [-0.4, -0.2) is 58.7 Å². The molecule has 7 heteroatoms. The molecule has 0 N–H and O–H groups in total. The minimum Gasteiger partial charge on any atom is -0.496 e. The molecular formula is C32H46N4O2Si. The van der Waals surface area contributed by atoms with E-state index in [1.54, 1.807) is 7.11 Å². The predicted molar refractivity (Wildman–Crippen MR) is 165 cm³/mol. The van der Waals surface area contributed by atoms with Crippen molar-refractivity contribution in [3.63, 3.8) is 0 Å². The van der Waals surface area contributed by atoms with Crippen LogP contribution in [0.25, 0.3) is 10.9 Å². The first-order valence-corrected chi connectivity index (χ1v) is 17.5. The zero-order valence-corrected chi connectivity index (χ0v) is 26.0. The van der Waals surface area contributed by atoms with Gasteiger partial charge in [0.2, 0.25) is 0 Å². The first-order valence-electron chi connectivity index (χ1n) is 14.6. The Morgan fingerprint density at radius 1 is 0.949 bits per heavy atom. The highest BCUT2D eigenvalue weighted by molar-refractivity contribution is 6.74. The van der Waals surface area contributed by atoms with E-state index in [-0.39, 0.29) is 5.04 Å². The van der Waals surface area contributed by atoms with Crippen LogP contribution in [0.2, 0.25) is 18.1 Å². The molecule has 0 amide bonds. The lowest BCUT2D eigenvalue weighted by Crippen LogP contribution is -2.42. The van der Waals surface area contributed by atoms with E-state index in [1.807, 2.05) is 0 Å². The fraction of sp³-hybridized carbons (Fsp3) is 0.562. The van der Waals surface area contributed by atoms with Gasteiger partial charge in [-0.3, -0.25) is 0 Å². The largest absolute Gasteiger partial charge is 0.496 e. The minimum atomic E-state index is -1.79. The number of rotatable bonds is 9. The summed E-state index contributed by atoms with van der Waals surface area (Å²) in [7, 11) is 2.16. The fourth-order valence-corrected chi connectivity index (χ4v) is 6.45. The Morgan fingerprint density at radius 3 is 2.33 bits per heavy atom. The molecule has 0 bridgehead atoms. The number of aromatic nitrogens is 2. The summed E-state index contributed by atoms with van der Waals surface area (Å²) in [4.78, 5) is 15.2. The van der Waals surface area contributed by atoms with Crippen LogP contribution in [0.5, 0.6) is 5.75 Å². The molecule has 0 spiro atoms. The fourth-order valence-electron chi connectivity index (χ4n) is 5.42. The zero-order chi connectivity index (χ0) is 27.8. The van der Waals surface area contributed by atoms with Gasteiger partial charge in [-0.1, -0.05) is 45.0 Å². The number of hydrogen-bond acceptors (Lipinski definition) is 6. The molecule has 210 valence electrons. The van der Waals surface area contributed by atoms with E-state index in [0.29, 0.717) is 11.8 Å². The SMILES string of the molecule is COc1ccccc1C1CCN(c2nc(C3CC3)nc3cccc(N(C)CCO[Si](C)(C)C(C)(C)C)c23)CC1. The molecule has 0 atom stereocenters. The maximum absolute atomic E-state index is 6.52. The van der Waals surface area contributed by atoms with Crippen molar-refractivity contribution in [3.05, 3.63) is 53.9 Å². The molecule has 2 aromatic carbocycles. The molecule has 0 unspecified atom stereocenters. The number of para-hydroxylation sites is 1. The first-order chi connectivity index (χ1) is 18.6. The average Bonchev–Trinajstić information content (AvgIpc) is 3.77. The van der Waals surface area contributed by atoms with Crippen LogP contribution in [0.1, 0.15) is 69.7 Å². The summed E-state index contributed by atoms with van der Waals surface area (Å²) in [6.45, 7) is 15.1. The highest BCUT2D eigenvalue weighted by Gasteiger charge is 2.37. The molecule has 6 nitrogen and oxygen atoms in total. The highest BCUT2D eigenvalue weighted by atomic mass is 28.4. The number of hydrogen-bond donors (Lipinski definition) is 0. The number of piperidine rings is 1. The van der Waals surface area contributed by atoms with Crippen molar-refractivity contribution in [2.24, 2.45) is 0 Å². The summed E-state index contributed by atoms with van der Waals surface area (Å²) in [5.74, 6) is 4.14. The number of methoxy groups -OCH3 is 1. The Balaban J connectivity index is 1.41. The minimum absolute atomic E-state index is 0.209. The van der Waals surface area contributed by atoms with E-state index in [0.717, 1.165) is 62.0 Å². The number of ether oxygens (including phenoxy) is 1. The van der Waals surface area contributed by atoms with Gasteiger partial charge in [0.1, 0.15) is 17.4 Å². The third-order valence-corrected chi connectivity index (χ3v) is 13.7. The molecule has 0 radical (unpaired) electrons. The lowest BCUT2D eigenvalue weighted by molar-refractivity contribution is 0.296. The second-order valence-corrected chi connectivity index (χ2v) is 17.7. The van der Waals surface area contributed by atoms with E-state index in [9.17, 15) is 0 Å². The van der Waals surface area contributed by atoms with Gasteiger partial charge in [-0.15, -0.1) is 0 Å². The van der Waals surface area contributed by atoms with Gasteiger partial charge >= 0.3 is 0 Å². The standard InChI is InChI=1S/C32H46N4O2Si/c1-32(2,3)39(6,7)38-22-21-35(4)27-13-10-12-26-29(27)31(34-30(33-26)24-15-16-24)36-19-17-23(18-20-36)25-11-8-9-14-28(25)37-5/h8-14,23-24H,15-22H2,1-7H3. The molecule has 1 saturated heterocycles. The zero-order valence-electron chi connectivity index (χ0n) is 25.0. The van der Waals surface area contributed by atoms with Crippen LogP contribution < -0.4 is 14.5 Å². The number of fused-ring (bicyclic) bond motifs is 1. The number of benzene rings is 2. The van der Waals surface area contributed by atoms with E-state index in [1.165, 1.54) is 29.5 Å². The van der Waals surface area contributed by atoms with E-state index in [4.69, 9.17) is 19.1 Å². The summed E-state index contributed by atoms with van der Waals surface area (Å²) in [5.41, 5.74) is 3.58. The van der Waals surface area contributed by atoms with Crippen molar-refractivity contribution in [2.45, 2.75) is 76.4 Å². The smallest absolute Gasteiger partial charge is 0.192 e. The van der Waals surface area contributed by atoms with E-state index >= 15 is 0 Å². The summed E-state index contributed by atoms with van der Waals surface area (Å²) < 4.78 is 12.2. The molecule has 2 aliphatic rings. The van der Waals surface area contributed by atoms with Crippen molar-refractivity contribution in [2.75, 3.05) is 50.2 Å². The predicted octanol–water partition coefficient (Wildman–Crippen LogP) is 7.36. The number of nitrogens with zero attached hydrogens (tertiary/aromatic N) is 4. The molecule has 39 heavy (non-hydrogen) atoms. The molecule has 5 rings (SSSR count). The van der Waals surface area contributed by atoms with Crippen molar-refractivity contribution >= 4 is 30.7 Å². The van der Waals surface area contributed by atoms with Gasteiger partial charge in [-0.25, -0.2) is 9.97 Å². The Kier molecular flexibility index (Phi) is 7.93. The molecule has 3 aromatic rings. The van der Waals surface area contributed by atoms with Gasteiger partial charge in [-0.05, 0) is 73.5 Å². The van der Waals surface area contributed by atoms with Crippen LogP contribution in [0, 0.1) is 0 Å². The Hall–Kier alpha value is -2.64. The van der Waals surface area contributed by atoms with Crippen molar-refractivity contribution in [1.82, 2.24) is 9.97 Å². The second kappa shape index (κ2) is 11.1. The quantitative estimate of drug-likeness (QED) is 0.261. The normalized spacial score (nSPS) is 17.1. The Morgan fingerprint density at radius 2 is 1.67 bits per heavy atom. The van der Waals surface area contributed by atoms with Crippen LogP contribution in [-0.2, 0) is 4.43 Å². The molecule has 1 aliphatic carbocycles. The molecule has 2 fully saturated rings. The van der Waals surface area contributed by atoms with Crippen molar-refractivity contribution < 1.29 is 9.16 Å². The van der Waals surface area contributed by atoms with Gasteiger partial charge in [0.15, 0.2) is 8.32 Å². The van der Waals surface area contributed by atoms with Crippen molar-refractivity contribution in [3.8, 4) is 5.75 Å². The van der Waals surface area contributed by atoms with E-state index in [2.05, 4.69) is 93.2 Å². The Labute approximate surface area is 235 Å². The third-order valence-electron chi connectivity index (χ3n) is 9.12. The average molecular weight is 547 g/mol. The van der Waals surface area contributed by atoms with Gasteiger partial charge in [0.25, 0.3) is 0 Å². The molecule has 2 heterocycles. The first kappa shape index (κ1) is 27.9. The molecular weight excluding hydrogens is 500 g/mol. The van der Waals surface area contributed by atoms with Crippen LogP contribution in [0.3, 0.4) is 0 Å².